The maximum atomic E-state index is 10.7. The SMILES string of the molecule is CCCCCCC(O)C(OC(C)=O)C(=O)O. The summed E-state index contributed by atoms with van der Waals surface area (Å²) in [6.07, 6.45) is 1.57. The van der Waals surface area contributed by atoms with Crippen LogP contribution in [0.1, 0.15) is 46.0 Å². The summed E-state index contributed by atoms with van der Waals surface area (Å²) >= 11 is 0. The highest BCUT2D eigenvalue weighted by Crippen LogP contribution is 2.11. The van der Waals surface area contributed by atoms with Crippen LogP contribution in [0.25, 0.3) is 0 Å². The molecule has 0 bridgehead atoms. The Morgan fingerprint density at radius 3 is 2.31 bits per heavy atom. The number of esters is 1. The van der Waals surface area contributed by atoms with Gasteiger partial charge in [0.1, 0.15) is 6.10 Å². The summed E-state index contributed by atoms with van der Waals surface area (Å²) in [5.41, 5.74) is 0. The van der Waals surface area contributed by atoms with Crippen LogP contribution in [0.3, 0.4) is 0 Å². The fourth-order valence-corrected chi connectivity index (χ4v) is 1.40. The zero-order chi connectivity index (χ0) is 12.6. The van der Waals surface area contributed by atoms with E-state index in [9.17, 15) is 14.7 Å². The number of carboxylic acids is 1. The molecular weight excluding hydrogens is 212 g/mol. The lowest BCUT2D eigenvalue weighted by Gasteiger charge is -2.18. The lowest BCUT2D eigenvalue weighted by atomic mass is 10.1. The molecule has 0 saturated heterocycles. The van der Waals surface area contributed by atoms with Crippen LogP contribution < -0.4 is 0 Å². The third-order valence-corrected chi connectivity index (χ3v) is 2.24. The third kappa shape index (κ3) is 6.40. The molecule has 0 aromatic rings. The van der Waals surface area contributed by atoms with Gasteiger partial charge in [0, 0.05) is 6.92 Å². The predicted molar refractivity (Wildman–Crippen MR) is 58.0 cm³/mol. The van der Waals surface area contributed by atoms with Gasteiger partial charge in [-0.15, -0.1) is 0 Å². The second kappa shape index (κ2) is 8.10. The maximum absolute atomic E-state index is 10.7. The highest BCUT2D eigenvalue weighted by molar-refractivity contribution is 5.77. The van der Waals surface area contributed by atoms with Gasteiger partial charge >= 0.3 is 11.9 Å². The van der Waals surface area contributed by atoms with Crippen molar-refractivity contribution in [3.63, 3.8) is 0 Å². The molecule has 2 N–H and O–H groups in total. The number of carbonyl (C=O) groups excluding carboxylic acids is 1. The zero-order valence-electron chi connectivity index (χ0n) is 9.81. The van der Waals surface area contributed by atoms with Crippen LogP contribution in [-0.2, 0) is 14.3 Å². The average molecular weight is 232 g/mol. The number of ether oxygens (including phenoxy) is 1. The topological polar surface area (TPSA) is 83.8 Å². The second-order valence-electron chi connectivity index (χ2n) is 3.78. The number of carboxylic acid groups (broad SMARTS) is 1. The van der Waals surface area contributed by atoms with Crippen molar-refractivity contribution in [3.05, 3.63) is 0 Å². The number of hydrogen-bond donors (Lipinski definition) is 2. The average Bonchev–Trinajstić information content (AvgIpc) is 2.20. The summed E-state index contributed by atoms with van der Waals surface area (Å²) in [6, 6.07) is 0. The van der Waals surface area contributed by atoms with Crippen molar-refractivity contribution in [1.29, 1.82) is 0 Å². The minimum Gasteiger partial charge on any atom is -0.478 e. The number of aliphatic hydroxyl groups is 1. The van der Waals surface area contributed by atoms with Crippen LogP contribution in [0.2, 0.25) is 0 Å². The molecule has 0 aliphatic heterocycles. The predicted octanol–water partition coefficient (Wildman–Crippen LogP) is 1.33. The van der Waals surface area contributed by atoms with E-state index in [-0.39, 0.29) is 0 Å². The van der Waals surface area contributed by atoms with E-state index in [4.69, 9.17) is 5.11 Å². The van der Waals surface area contributed by atoms with Crippen LogP contribution in [-0.4, -0.2) is 34.4 Å². The molecule has 0 aromatic heterocycles. The van der Waals surface area contributed by atoms with Crippen LogP contribution in [0.4, 0.5) is 0 Å². The molecule has 2 unspecified atom stereocenters. The van der Waals surface area contributed by atoms with E-state index in [0.717, 1.165) is 32.6 Å². The molecule has 5 nitrogen and oxygen atoms in total. The third-order valence-electron chi connectivity index (χ3n) is 2.24. The van der Waals surface area contributed by atoms with Crippen LogP contribution in [0, 0.1) is 0 Å². The van der Waals surface area contributed by atoms with Gasteiger partial charge in [-0.05, 0) is 6.42 Å². The first-order valence-corrected chi connectivity index (χ1v) is 5.57. The normalized spacial score (nSPS) is 14.2. The highest BCUT2D eigenvalue weighted by atomic mass is 16.6. The largest absolute Gasteiger partial charge is 0.478 e. The van der Waals surface area contributed by atoms with Crippen molar-refractivity contribution in [3.8, 4) is 0 Å². The number of carbonyl (C=O) groups is 2. The smallest absolute Gasteiger partial charge is 0.347 e. The quantitative estimate of drug-likeness (QED) is 0.487. The van der Waals surface area contributed by atoms with E-state index in [1.807, 2.05) is 0 Å². The van der Waals surface area contributed by atoms with Gasteiger partial charge in [-0.3, -0.25) is 4.79 Å². The Morgan fingerprint density at radius 2 is 1.88 bits per heavy atom. The first-order chi connectivity index (χ1) is 7.49. The molecule has 0 spiro atoms. The minimum absolute atomic E-state index is 0.338. The van der Waals surface area contributed by atoms with Gasteiger partial charge in [0.2, 0.25) is 6.10 Å². The molecule has 0 radical (unpaired) electrons. The molecule has 0 amide bonds. The molecule has 0 aromatic carbocycles. The Kier molecular flexibility index (Phi) is 7.54. The van der Waals surface area contributed by atoms with E-state index in [1.54, 1.807) is 0 Å². The Labute approximate surface area is 95.4 Å². The number of aliphatic carboxylic acids is 1. The molecule has 0 rings (SSSR count). The minimum atomic E-state index is -1.45. The van der Waals surface area contributed by atoms with E-state index in [2.05, 4.69) is 11.7 Å². The first kappa shape index (κ1) is 14.9. The fourth-order valence-electron chi connectivity index (χ4n) is 1.40. The van der Waals surface area contributed by atoms with E-state index >= 15 is 0 Å². The number of aliphatic hydroxyl groups excluding tert-OH is 1. The number of hydrogen-bond acceptors (Lipinski definition) is 4. The Bertz CT molecular complexity index is 226. The Hall–Kier alpha value is -1.10. The summed E-state index contributed by atoms with van der Waals surface area (Å²) in [7, 11) is 0. The molecule has 2 atom stereocenters. The fraction of sp³-hybridized carbons (Fsp3) is 0.818. The Balaban J connectivity index is 4.02. The van der Waals surface area contributed by atoms with Crippen molar-refractivity contribution in [1.82, 2.24) is 0 Å². The summed E-state index contributed by atoms with van der Waals surface area (Å²) in [6.45, 7) is 3.19. The highest BCUT2D eigenvalue weighted by Gasteiger charge is 2.28. The van der Waals surface area contributed by atoms with E-state index in [1.165, 1.54) is 0 Å². The van der Waals surface area contributed by atoms with Crippen molar-refractivity contribution in [2.24, 2.45) is 0 Å². The summed E-state index contributed by atoms with van der Waals surface area (Å²) in [5, 5.41) is 18.3. The molecule has 0 saturated carbocycles. The van der Waals surface area contributed by atoms with Crippen molar-refractivity contribution < 1.29 is 24.5 Å². The van der Waals surface area contributed by atoms with Gasteiger partial charge < -0.3 is 14.9 Å². The molecule has 94 valence electrons. The molecular formula is C11H20O5. The van der Waals surface area contributed by atoms with Crippen molar-refractivity contribution >= 4 is 11.9 Å². The summed E-state index contributed by atoms with van der Waals surface area (Å²) < 4.78 is 4.54. The summed E-state index contributed by atoms with van der Waals surface area (Å²) in [5.74, 6) is -2.00. The van der Waals surface area contributed by atoms with Crippen molar-refractivity contribution in [2.45, 2.75) is 58.2 Å². The molecule has 0 aliphatic carbocycles. The van der Waals surface area contributed by atoms with E-state index in [0.29, 0.717) is 6.42 Å². The Morgan fingerprint density at radius 1 is 1.25 bits per heavy atom. The molecule has 16 heavy (non-hydrogen) atoms. The first-order valence-electron chi connectivity index (χ1n) is 5.57. The molecule has 0 fully saturated rings. The monoisotopic (exact) mass is 232 g/mol. The molecule has 0 heterocycles. The van der Waals surface area contributed by atoms with Gasteiger partial charge in [-0.1, -0.05) is 32.6 Å². The standard InChI is InChI=1S/C11H20O5/c1-3-4-5-6-7-9(13)10(11(14)15)16-8(2)12/h9-10,13H,3-7H2,1-2H3,(H,14,15). The lowest BCUT2D eigenvalue weighted by molar-refractivity contribution is -0.170. The van der Waals surface area contributed by atoms with Crippen molar-refractivity contribution in [2.75, 3.05) is 0 Å². The number of rotatable bonds is 8. The molecule has 5 heteroatoms. The van der Waals surface area contributed by atoms with Gasteiger partial charge in [0.15, 0.2) is 0 Å². The van der Waals surface area contributed by atoms with Crippen LogP contribution >= 0.6 is 0 Å². The van der Waals surface area contributed by atoms with Gasteiger partial charge in [-0.25, -0.2) is 4.79 Å². The maximum Gasteiger partial charge on any atom is 0.347 e. The van der Waals surface area contributed by atoms with E-state index < -0.39 is 24.1 Å². The van der Waals surface area contributed by atoms with Crippen LogP contribution in [0.15, 0.2) is 0 Å². The van der Waals surface area contributed by atoms with Gasteiger partial charge in [0.05, 0.1) is 0 Å². The zero-order valence-corrected chi connectivity index (χ0v) is 9.81. The second-order valence-corrected chi connectivity index (χ2v) is 3.78. The van der Waals surface area contributed by atoms with Crippen LogP contribution in [0.5, 0.6) is 0 Å². The van der Waals surface area contributed by atoms with Gasteiger partial charge in [0.25, 0.3) is 0 Å². The molecule has 0 aliphatic rings. The summed E-state index contributed by atoms with van der Waals surface area (Å²) in [4.78, 5) is 21.4. The lowest BCUT2D eigenvalue weighted by Crippen LogP contribution is -2.37. The number of unbranched alkanes of at least 4 members (excludes halogenated alkanes) is 3. The van der Waals surface area contributed by atoms with Gasteiger partial charge in [-0.2, -0.15) is 0 Å².